The number of nitrogens with two attached hydrogens (primary N) is 1. The highest BCUT2D eigenvalue weighted by atomic mass is 16.5. The molecule has 1 aliphatic heterocycles. The van der Waals surface area contributed by atoms with Crippen molar-refractivity contribution in [2.45, 2.75) is 20.8 Å². The highest BCUT2D eigenvalue weighted by Gasteiger charge is 2.27. The van der Waals surface area contributed by atoms with Crippen LogP contribution in [0.5, 0.6) is 0 Å². The van der Waals surface area contributed by atoms with Gasteiger partial charge in [0.1, 0.15) is 0 Å². The van der Waals surface area contributed by atoms with E-state index in [1.807, 2.05) is 20.8 Å². The van der Waals surface area contributed by atoms with Gasteiger partial charge in [0.2, 0.25) is 0 Å². The summed E-state index contributed by atoms with van der Waals surface area (Å²) in [6.45, 7) is 5.64. The molecule has 14 heavy (non-hydrogen) atoms. The Balaban J connectivity index is 3.07. The first kappa shape index (κ1) is 10.6. The normalized spacial score (nSPS) is 22.1. The van der Waals surface area contributed by atoms with Crippen molar-refractivity contribution in [2.75, 3.05) is 7.11 Å². The number of ether oxygens (including phenoxy) is 1. The van der Waals surface area contributed by atoms with Gasteiger partial charge in [0.05, 0.1) is 12.7 Å². The Bertz CT molecular complexity index is 329. The number of nitrogens with one attached hydrogen (secondary N) is 1. The molecule has 1 heterocycles. The zero-order valence-electron chi connectivity index (χ0n) is 8.97. The monoisotopic (exact) mass is 196 g/mol. The highest BCUT2D eigenvalue weighted by Crippen LogP contribution is 2.26. The molecule has 0 saturated heterocycles. The van der Waals surface area contributed by atoms with Crippen LogP contribution in [0.15, 0.2) is 22.7 Å². The Morgan fingerprint density at radius 1 is 1.43 bits per heavy atom. The van der Waals surface area contributed by atoms with Crippen LogP contribution in [0.25, 0.3) is 0 Å². The Morgan fingerprint density at radius 2 is 2.00 bits per heavy atom. The van der Waals surface area contributed by atoms with Gasteiger partial charge in [0.15, 0.2) is 0 Å². The first-order chi connectivity index (χ1) is 6.49. The summed E-state index contributed by atoms with van der Waals surface area (Å²) in [5, 5.41) is 3.06. The van der Waals surface area contributed by atoms with Gasteiger partial charge in [-0.15, -0.1) is 0 Å². The van der Waals surface area contributed by atoms with Crippen LogP contribution in [0, 0.1) is 5.92 Å². The van der Waals surface area contributed by atoms with Gasteiger partial charge in [0, 0.05) is 23.0 Å². The van der Waals surface area contributed by atoms with E-state index in [9.17, 15) is 4.79 Å². The van der Waals surface area contributed by atoms with Gasteiger partial charge in [0.25, 0.3) is 0 Å². The van der Waals surface area contributed by atoms with E-state index in [2.05, 4.69) is 5.32 Å². The number of allylic oxidation sites excluding steroid dienone is 3. The Hall–Kier alpha value is -1.45. The van der Waals surface area contributed by atoms with Gasteiger partial charge in [-0.2, -0.15) is 0 Å². The number of hydrogen-bond acceptors (Lipinski definition) is 4. The lowest BCUT2D eigenvalue weighted by atomic mass is 9.92. The van der Waals surface area contributed by atoms with Crippen molar-refractivity contribution in [3.05, 3.63) is 22.7 Å². The third-order valence-electron chi connectivity index (χ3n) is 2.52. The van der Waals surface area contributed by atoms with Crippen molar-refractivity contribution < 1.29 is 9.53 Å². The van der Waals surface area contributed by atoms with Crippen LogP contribution in [0.3, 0.4) is 0 Å². The minimum Gasteiger partial charge on any atom is -0.466 e. The number of methoxy groups -OCH3 is 1. The van der Waals surface area contributed by atoms with Gasteiger partial charge in [-0.25, -0.2) is 4.79 Å². The summed E-state index contributed by atoms with van der Waals surface area (Å²) >= 11 is 0. The van der Waals surface area contributed by atoms with E-state index in [4.69, 9.17) is 10.5 Å². The quantitative estimate of drug-likeness (QED) is 0.611. The standard InChI is InChI=1S/C10H16N2O2/c1-5-8(10(13)14-4)6(2)12-7(3)9(5)11/h5,12H,11H2,1-4H3. The molecule has 1 rings (SSSR count). The minimum atomic E-state index is -0.321. The SMILES string of the molecule is COC(=O)C1=C(C)NC(C)=C(N)C1C. The number of carbonyl (C=O) groups excluding carboxylic acids is 1. The molecular weight excluding hydrogens is 180 g/mol. The van der Waals surface area contributed by atoms with E-state index in [0.717, 1.165) is 11.4 Å². The molecule has 1 aliphatic rings. The van der Waals surface area contributed by atoms with Crippen LogP contribution in [-0.4, -0.2) is 13.1 Å². The summed E-state index contributed by atoms with van der Waals surface area (Å²) in [4.78, 5) is 11.4. The molecular formula is C10H16N2O2. The number of esters is 1. The second-order valence-corrected chi connectivity index (χ2v) is 3.46. The second kappa shape index (κ2) is 3.74. The molecule has 78 valence electrons. The maximum atomic E-state index is 11.4. The van der Waals surface area contributed by atoms with Gasteiger partial charge in [-0.05, 0) is 13.8 Å². The van der Waals surface area contributed by atoms with Crippen molar-refractivity contribution in [1.82, 2.24) is 5.32 Å². The fourth-order valence-corrected chi connectivity index (χ4v) is 1.67. The minimum absolute atomic E-state index is 0.0799. The van der Waals surface area contributed by atoms with E-state index in [1.165, 1.54) is 7.11 Å². The zero-order chi connectivity index (χ0) is 10.9. The summed E-state index contributed by atoms with van der Waals surface area (Å²) in [5.74, 6) is -0.401. The highest BCUT2D eigenvalue weighted by molar-refractivity contribution is 5.90. The van der Waals surface area contributed by atoms with Crippen LogP contribution in [0.1, 0.15) is 20.8 Å². The molecule has 4 nitrogen and oxygen atoms in total. The summed E-state index contributed by atoms with van der Waals surface area (Å²) in [5.41, 5.74) is 8.86. The molecule has 0 aromatic carbocycles. The molecule has 0 saturated carbocycles. The van der Waals surface area contributed by atoms with Crippen molar-refractivity contribution in [2.24, 2.45) is 11.7 Å². The fourth-order valence-electron chi connectivity index (χ4n) is 1.67. The van der Waals surface area contributed by atoms with Crippen molar-refractivity contribution in [3.8, 4) is 0 Å². The lowest BCUT2D eigenvalue weighted by Crippen LogP contribution is -2.31. The van der Waals surface area contributed by atoms with Crippen molar-refractivity contribution >= 4 is 5.97 Å². The van der Waals surface area contributed by atoms with Gasteiger partial charge < -0.3 is 15.8 Å². The maximum absolute atomic E-state index is 11.4. The van der Waals surface area contributed by atoms with Gasteiger partial charge in [-0.1, -0.05) is 6.92 Å². The molecule has 0 fully saturated rings. The molecule has 4 heteroatoms. The predicted molar refractivity (Wildman–Crippen MR) is 53.9 cm³/mol. The average Bonchev–Trinajstić information content (AvgIpc) is 2.14. The van der Waals surface area contributed by atoms with Crippen molar-refractivity contribution in [3.63, 3.8) is 0 Å². The molecule has 0 bridgehead atoms. The van der Waals surface area contributed by atoms with Crippen LogP contribution in [0.2, 0.25) is 0 Å². The Morgan fingerprint density at radius 3 is 2.50 bits per heavy atom. The number of carbonyl (C=O) groups is 1. The lowest BCUT2D eigenvalue weighted by Gasteiger charge is -2.26. The topological polar surface area (TPSA) is 64.3 Å². The van der Waals surface area contributed by atoms with E-state index >= 15 is 0 Å². The fraction of sp³-hybridized carbons (Fsp3) is 0.500. The molecule has 1 atom stereocenters. The van der Waals surface area contributed by atoms with E-state index < -0.39 is 0 Å². The van der Waals surface area contributed by atoms with Gasteiger partial charge in [-0.3, -0.25) is 0 Å². The smallest absolute Gasteiger partial charge is 0.336 e. The molecule has 0 spiro atoms. The second-order valence-electron chi connectivity index (χ2n) is 3.46. The number of dihydropyridines is 1. The molecule has 0 radical (unpaired) electrons. The van der Waals surface area contributed by atoms with Crippen LogP contribution < -0.4 is 11.1 Å². The number of hydrogen-bond donors (Lipinski definition) is 2. The van der Waals surface area contributed by atoms with E-state index in [0.29, 0.717) is 11.3 Å². The molecule has 0 aromatic rings. The van der Waals surface area contributed by atoms with E-state index in [1.54, 1.807) is 0 Å². The van der Waals surface area contributed by atoms with E-state index in [-0.39, 0.29) is 11.9 Å². The lowest BCUT2D eigenvalue weighted by molar-refractivity contribution is -0.136. The Kier molecular flexibility index (Phi) is 2.84. The summed E-state index contributed by atoms with van der Waals surface area (Å²) in [7, 11) is 1.37. The molecule has 3 N–H and O–H groups in total. The summed E-state index contributed by atoms with van der Waals surface area (Å²) < 4.78 is 4.70. The van der Waals surface area contributed by atoms with Gasteiger partial charge >= 0.3 is 5.97 Å². The first-order valence-corrected chi connectivity index (χ1v) is 4.51. The third kappa shape index (κ3) is 1.60. The summed E-state index contributed by atoms with van der Waals surface area (Å²) in [6, 6.07) is 0. The largest absolute Gasteiger partial charge is 0.466 e. The van der Waals surface area contributed by atoms with Crippen LogP contribution in [0.4, 0.5) is 0 Å². The molecule has 0 aromatic heterocycles. The molecule has 1 unspecified atom stereocenters. The average molecular weight is 196 g/mol. The maximum Gasteiger partial charge on any atom is 0.336 e. The molecule has 0 amide bonds. The first-order valence-electron chi connectivity index (χ1n) is 4.51. The van der Waals surface area contributed by atoms with Crippen molar-refractivity contribution in [1.29, 1.82) is 0 Å². The number of rotatable bonds is 1. The zero-order valence-corrected chi connectivity index (χ0v) is 8.97. The van der Waals surface area contributed by atoms with Crippen LogP contribution in [-0.2, 0) is 9.53 Å². The predicted octanol–water partition coefficient (Wildman–Crippen LogP) is 0.863. The Labute approximate surface area is 83.8 Å². The molecule has 0 aliphatic carbocycles. The summed E-state index contributed by atoms with van der Waals surface area (Å²) in [6.07, 6.45) is 0. The van der Waals surface area contributed by atoms with Crippen LogP contribution >= 0.6 is 0 Å². The third-order valence-corrected chi connectivity index (χ3v) is 2.52.